The Balaban J connectivity index is 1.82. The summed E-state index contributed by atoms with van der Waals surface area (Å²) in [5, 5.41) is 18.9. The minimum absolute atomic E-state index is 0.256. The van der Waals surface area contributed by atoms with Gasteiger partial charge in [-0.2, -0.15) is 5.10 Å². The maximum absolute atomic E-state index is 12.2. The fourth-order valence-corrected chi connectivity index (χ4v) is 2.70. The number of nitrogens with zero attached hydrogens (tertiary/aromatic N) is 5. The summed E-state index contributed by atoms with van der Waals surface area (Å²) in [5.74, 6) is 0.409. The first-order chi connectivity index (χ1) is 9.66. The largest absolute Gasteiger partial charge is 0.397 e. The quantitative estimate of drug-likeness (QED) is 0.718. The molecule has 3 rings (SSSR count). The zero-order valence-corrected chi connectivity index (χ0v) is 11.4. The Bertz CT molecular complexity index is 778. The van der Waals surface area contributed by atoms with Crippen molar-refractivity contribution in [1.29, 1.82) is 0 Å². The highest BCUT2D eigenvalue weighted by Gasteiger charge is 2.17. The number of nitrogens with one attached hydrogen (secondary N) is 1. The third-order valence-corrected chi connectivity index (χ3v) is 3.94. The van der Waals surface area contributed by atoms with E-state index in [9.17, 15) is 4.79 Å². The Morgan fingerprint density at radius 2 is 2.30 bits per heavy atom. The molecule has 3 aromatic heterocycles. The molecule has 3 heterocycles. The summed E-state index contributed by atoms with van der Waals surface area (Å²) in [5.41, 5.74) is 6.39. The van der Waals surface area contributed by atoms with Crippen LogP contribution in [0.1, 0.15) is 15.5 Å². The summed E-state index contributed by atoms with van der Waals surface area (Å²) in [6.07, 6.45) is 3.12. The van der Waals surface area contributed by atoms with E-state index in [1.807, 2.05) is 7.05 Å². The molecular formula is C11H11N7OS. The van der Waals surface area contributed by atoms with Crippen LogP contribution in [0.15, 0.2) is 18.6 Å². The number of fused-ring (bicyclic) bond motifs is 1. The molecule has 0 saturated carbocycles. The van der Waals surface area contributed by atoms with E-state index in [2.05, 4.69) is 25.7 Å². The van der Waals surface area contributed by atoms with Crippen LogP contribution in [-0.2, 0) is 13.6 Å². The Hall–Kier alpha value is -2.55. The molecular weight excluding hydrogens is 278 g/mol. The summed E-state index contributed by atoms with van der Waals surface area (Å²) in [7, 11) is 1.81. The standard InChI is InChI=1S/C11H11N7OS/c1-18-5-15-16-7(18)4-13-10(19)9-8(12)6-2-3-14-17-11(6)20-9/h2-3,5H,4,12H2,1H3,(H,13,19). The Labute approximate surface area is 117 Å². The van der Waals surface area contributed by atoms with Crippen molar-refractivity contribution in [3.63, 3.8) is 0 Å². The van der Waals surface area contributed by atoms with E-state index in [4.69, 9.17) is 5.73 Å². The van der Waals surface area contributed by atoms with Crippen molar-refractivity contribution in [2.45, 2.75) is 6.54 Å². The number of aromatic nitrogens is 5. The third kappa shape index (κ3) is 2.07. The van der Waals surface area contributed by atoms with Gasteiger partial charge in [0.05, 0.1) is 18.4 Å². The number of nitrogens with two attached hydrogens (primary N) is 1. The second-order valence-corrected chi connectivity index (χ2v) is 5.13. The first-order valence-electron chi connectivity index (χ1n) is 5.77. The molecule has 0 aliphatic rings. The van der Waals surface area contributed by atoms with Crippen LogP contribution in [0, 0.1) is 0 Å². The topological polar surface area (TPSA) is 112 Å². The lowest BCUT2D eigenvalue weighted by Crippen LogP contribution is -2.24. The first-order valence-corrected chi connectivity index (χ1v) is 6.59. The van der Waals surface area contributed by atoms with E-state index in [-0.39, 0.29) is 12.5 Å². The fourth-order valence-electron chi connectivity index (χ4n) is 1.75. The molecule has 102 valence electrons. The Morgan fingerprint density at radius 1 is 1.45 bits per heavy atom. The van der Waals surface area contributed by atoms with Gasteiger partial charge in [0.15, 0.2) is 5.82 Å². The van der Waals surface area contributed by atoms with E-state index in [1.165, 1.54) is 11.3 Å². The van der Waals surface area contributed by atoms with Gasteiger partial charge in [-0.05, 0) is 6.07 Å². The molecule has 0 radical (unpaired) electrons. The van der Waals surface area contributed by atoms with Crippen LogP contribution in [0.5, 0.6) is 0 Å². The SMILES string of the molecule is Cn1cnnc1CNC(=O)c1sc2nnccc2c1N. The van der Waals surface area contributed by atoms with Gasteiger partial charge < -0.3 is 15.6 Å². The number of carbonyl (C=O) groups excluding carboxylic acids is 1. The second kappa shape index (κ2) is 4.85. The highest BCUT2D eigenvalue weighted by molar-refractivity contribution is 7.21. The molecule has 0 atom stereocenters. The fraction of sp³-hybridized carbons (Fsp3) is 0.182. The molecule has 0 aliphatic heterocycles. The van der Waals surface area contributed by atoms with Crippen LogP contribution in [0.3, 0.4) is 0 Å². The molecule has 0 fully saturated rings. The molecule has 0 bridgehead atoms. The molecule has 3 aromatic rings. The molecule has 9 heteroatoms. The molecule has 8 nitrogen and oxygen atoms in total. The van der Waals surface area contributed by atoms with Crippen LogP contribution in [0.2, 0.25) is 0 Å². The van der Waals surface area contributed by atoms with Crippen molar-refractivity contribution in [3.05, 3.63) is 29.3 Å². The number of nitrogen functional groups attached to an aromatic ring is 1. The molecule has 20 heavy (non-hydrogen) atoms. The van der Waals surface area contributed by atoms with E-state index in [1.54, 1.807) is 23.2 Å². The number of aryl methyl sites for hydroxylation is 1. The summed E-state index contributed by atoms with van der Waals surface area (Å²) >= 11 is 1.22. The Kier molecular flexibility index (Phi) is 3.03. The van der Waals surface area contributed by atoms with E-state index < -0.39 is 0 Å². The number of hydrogen-bond donors (Lipinski definition) is 2. The number of anilines is 1. The highest BCUT2D eigenvalue weighted by atomic mass is 32.1. The number of rotatable bonds is 3. The van der Waals surface area contributed by atoms with Gasteiger partial charge in [0.1, 0.15) is 16.0 Å². The van der Waals surface area contributed by atoms with Crippen molar-refractivity contribution >= 4 is 33.1 Å². The zero-order chi connectivity index (χ0) is 14.1. The van der Waals surface area contributed by atoms with Gasteiger partial charge in [-0.25, -0.2) is 0 Å². The van der Waals surface area contributed by atoms with Gasteiger partial charge in [0.25, 0.3) is 5.91 Å². The van der Waals surface area contributed by atoms with Crippen molar-refractivity contribution in [1.82, 2.24) is 30.3 Å². The average molecular weight is 289 g/mol. The summed E-state index contributed by atoms with van der Waals surface area (Å²) in [6.45, 7) is 0.286. The highest BCUT2D eigenvalue weighted by Crippen LogP contribution is 2.31. The van der Waals surface area contributed by atoms with Crippen molar-refractivity contribution in [3.8, 4) is 0 Å². The lowest BCUT2D eigenvalue weighted by atomic mass is 10.3. The average Bonchev–Trinajstić information content (AvgIpc) is 3.01. The maximum Gasteiger partial charge on any atom is 0.263 e. The number of hydrogen-bond acceptors (Lipinski definition) is 7. The van der Waals surface area contributed by atoms with Crippen molar-refractivity contribution in [2.75, 3.05) is 5.73 Å². The van der Waals surface area contributed by atoms with Gasteiger partial charge in [0, 0.05) is 12.4 Å². The van der Waals surface area contributed by atoms with Crippen LogP contribution in [0.25, 0.3) is 10.2 Å². The predicted octanol–water partition coefficient (Wildman–Crippen LogP) is 0.332. The van der Waals surface area contributed by atoms with Gasteiger partial charge in [-0.15, -0.1) is 26.6 Å². The summed E-state index contributed by atoms with van der Waals surface area (Å²) in [4.78, 5) is 13.2. The number of thiophene rings is 1. The normalized spacial score (nSPS) is 10.8. The van der Waals surface area contributed by atoms with Gasteiger partial charge >= 0.3 is 0 Å². The number of carbonyl (C=O) groups is 1. The summed E-state index contributed by atoms with van der Waals surface area (Å²) < 4.78 is 1.74. The minimum Gasteiger partial charge on any atom is -0.397 e. The molecule has 0 aliphatic carbocycles. The van der Waals surface area contributed by atoms with Crippen LogP contribution in [0.4, 0.5) is 5.69 Å². The second-order valence-electron chi connectivity index (χ2n) is 4.14. The lowest BCUT2D eigenvalue weighted by molar-refractivity contribution is 0.0954. The van der Waals surface area contributed by atoms with E-state index >= 15 is 0 Å². The third-order valence-electron chi connectivity index (χ3n) is 2.84. The molecule has 3 N–H and O–H groups in total. The van der Waals surface area contributed by atoms with Gasteiger partial charge in [-0.3, -0.25) is 4.79 Å². The van der Waals surface area contributed by atoms with Gasteiger partial charge in [-0.1, -0.05) is 0 Å². The molecule has 1 amide bonds. The molecule has 0 spiro atoms. The van der Waals surface area contributed by atoms with Crippen molar-refractivity contribution < 1.29 is 4.79 Å². The van der Waals surface area contributed by atoms with Crippen molar-refractivity contribution in [2.24, 2.45) is 7.05 Å². The molecule has 0 aromatic carbocycles. The summed E-state index contributed by atoms with van der Waals surface area (Å²) in [6, 6.07) is 1.74. The van der Waals surface area contributed by atoms with Crippen LogP contribution < -0.4 is 11.1 Å². The molecule has 0 unspecified atom stereocenters. The number of amides is 1. The monoisotopic (exact) mass is 289 g/mol. The van der Waals surface area contributed by atoms with Crippen LogP contribution >= 0.6 is 11.3 Å². The zero-order valence-electron chi connectivity index (χ0n) is 10.6. The minimum atomic E-state index is -0.256. The smallest absolute Gasteiger partial charge is 0.263 e. The van der Waals surface area contributed by atoms with E-state index in [0.29, 0.717) is 21.2 Å². The van der Waals surface area contributed by atoms with Gasteiger partial charge in [0.2, 0.25) is 0 Å². The van der Waals surface area contributed by atoms with E-state index in [0.717, 1.165) is 5.39 Å². The van der Waals surface area contributed by atoms with Crippen LogP contribution in [-0.4, -0.2) is 30.9 Å². The maximum atomic E-state index is 12.2. The molecule has 0 saturated heterocycles. The lowest BCUT2D eigenvalue weighted by Gasteiger charge is -2.03. The Morgan fingerprint density at radius 3 is 3.00 bits per heavy atom. The predicted molar refractivity (Wildman–Crippen MR) is 74.0 cm³/mol. The first kappa shape index (κ1) is 12.5.